The van der Waals surface area contributed by atoms with Gasteiger partial charge in [0.25, 0.3) is 0 Å². The van der Waals surface area contributed by atoms with Crippen molar-refractivity contribution < 1.29 is 37.6 Å². The number of likely N-dealkylation sites (N-methyl/N-ethyl adjacent to an activating group) is 1. The summed E-state index contributed by atoms with van der Waals surface area (Å²) in [5.74, 6) is -0.791. The lowest BCUT2D eigenvalue weighted by Gasteiger charge is -2.20. The number of unbranched alkanes of at least 4 members (excludes halogenated alkanes) is 30. The zero-order valence-electron chi connectivity index (χ0n) is 35.7. The third kappa shape index (κ3) is 40.7. The number of phosphoric acid groups is 1. The van der Waals surface area contributed by atoms with Crippen molar-refractivity contribution in [2.45, 2.75) is 238 Å². The van der Waals surface area contributed by atoms with Crippen LogP contribution in [0.15, 0.2) is 0 Å². The fraction of sp³-hybridized carbons (Fsp3) is 0.955. The van der Waals surface area contributed by atoms with Crippen LogP contribution in [0.2, 0.25) is 0 Å². The van der Waals surface area contributed by atoms with Gasteiger partial charge in [-0.25, -0.2) is 4.57 Å². The molecule has 2 N–H and O–H groups in total. The van der Waals surface area contributed by atoms with Gasteiger partial charge in [0.1, 0.15) is 6.61 Å². The number of rotatable bonds is 44. The molecule has 2 atom stereocenters. The van der Waals surface area contributed by atoms with Crippen LogP contribution in [-0.4, -0.2) is 56.3 Å². The maximum absolute atomic E-state index is 12.6. The van der Waals surface area contributed by atoms with Gasteiger partial charge in [0.05, 0.1) is 13.2 Å². The van der Waals surface area contributed by atoms with E-state index in [1.165, 1.54) is 167 Å². The van der Waals surface area contributed by atoms with Gasteiger partial charge in [-0.3, -0.25) is 18.6 Å². The molecule has 0 aliphatic rings. The second-order valence-electron chi connectivity index (χ2n) is 15.6. The second kappa shape index (κ2) is 41.6. The van der Waals surface area contributed by atoms with Crippen LogP contribution in [-0.2, 0) is 32.7 Å². The van der Waals surface area contributed by atoms with Gasteiger partial charge in [-0.05, 0) is 19.9 Å². The van der Waals surface area contributed by atoms with Gasteiger partial charge in [0.2, 0.25) is 0 Å². The van der Waals surface area contributed by atoms with Crippen LogP contribution < -0.4 is 5.32 Å². The van der Waals surface area contributed by atoms with Crippen molar-refractivity contribution in [2.24, 2.45) is 0 Å². The SMILES string of the molecule is CCCCCCCCCCCCCCCCCCCCCCCC(=O)OC(COC(=O)CCCCCCCCCCCCC)COP(=O)(O)OCCNC. The van der Waals surface area contributed by atoms with E-state index in [2.05, 4.69) is 19.2 Å². The molecule has 2 unspecified atom stereocenters. The lowest BCUT2D eigenvalue weighted by Crippen LogP contribution is -2.29. The van der Waals surface area contributed by atoms with Crippen molar-refractivity contribution in [1.29, 1.82) is 0 Å². The van der Waals surface area contributed by atoms with E-state index < -0.39 is 26.5 Å². The van der Waals surface area contributed by atoms with Gasteiger partial charge in [0.15, 0.2) is 6.10 Å². The summed E-state index contributed by atoms with van der Waals surface area (Å²) < 4.78 is 33.2. The Morgan fingerprint density at radius 2 is 0.833 bits per heavy atom. The number of hydrogen-bond donors (Lipinski definition) is 2. The summed E-state index contributed by atoms with van der Waals surface area (Å²) in [5.41, 5.74) is 0. The van der Waals surface area contributed by atoms with E-state index in [1.54, 1.807) is 7.05 Å². The minimum Gasteiger partial charge on any atom is -0.462 e. The van der Waals surface area contributed by atoms with Gasteiger partial charge in [0, 0.05) is 19.4 Å². The third-order valence-electron chi connectivity index (χ3n) is 10.2. The molecule has 0 amide bonds. The molecule has 0 radical (unpaired) electrons. The van der Waals surface area contributed by atoms with E-state index in [0.29, 0.717) is 13.0 Å². The van der Waals surface area contributed by atoms with E-state index in [1.807, 2.05) is 0 Å². The van der Waals surface area contributed by atoms with Crippen molar-refractivity contribution in [3.8, 4) is 0 Å². The van der Waals surface area contributed by atoms with Crippen LogP contribution in [0.3, 0.4) is 0 Å². The molecule has 0 saturated carbocycles. The monoisotopic (exact) mass is 790 g/mol. The molecule has 0 heterocycles. The minimum absolute atomic E-state index is 0.0118. The Balaban J connectivity index is 4.07. The predicted octanol–water partition coefficient (Wildman–Crippen LogP) is 13.1. The quantitative estimate of drug-likeness (QED) is 0.0353. The molecule has 0 rings (SSSR count). The van der Waals surface area contributed by atoms with Crippen LogP contribution in [0.4, 0.5) is 0 Å². The third-order valence-corrected chi connectivity index (χ3v) is 11.2. The second-order valence-corrected chi connectivity index (χ2v) is 17.1. The van der Waals surface area contributed by atoms with Crippen LogP contribution in [0.5, 0.6) is 0 Å². The Kier molecular flexibility index (Phi) is 40.9. The molecular weight excluding hydrogens is 701 g/mol. The molecule has 0 aliphatic heterocycles. The van der Waals surface area contributed by atoms with Gasteiger partial charge >= 0.3 is 19.8 Å². The summed E-state index contributed by atoms with van der Waals surface area (Å²) in [6, 6.07) is 0. The largest absolute Gasteiger partial charge is 0.472 e. The summed E-state index contributed by atoms with van der Waals surface area (Å²) in [6.45, 7) is 4.26. The van der Waals surface area contributed by atoms with E-state index >= 15 is 0 Å². The number of nitrogens with one attached hydrogen (secondary N) is 1. The van der Waals surface area contributed by atoms with Crippen molar-refractivity contribution in [3.05, 3.63) is 0 Å². The lowest BCUT2D eigenvalue weighted by molar-refractivity contribution is -0.161. The standard InChI is InChI=1S/C44H88NO8P/c1-4-6-8-10-12-14-16-17-18-19-20-21-22-23-24-25-27-29-31-33-35-37-44(47)53-42(41-52-54(48,49)51-39-38-45-3)40-50-43(46)36-34-32-30-28-26-15-13-11-9-7-5-2/h42,45H,4-41H2,1-3H3,(H,48,49). The molecule has 0 spiro atoms. The molecule has 0 aromatic carbocycles. The fourth-order valence-corrected chi connectivity index (χ4v) is 7.48. The Morgan fingerprint density at radius 1 is 0.500 bits per heavy atom. The molecule has 0 saturated heterocycles. The molecule has 0 aromatic heterocycles. The summed E-state index contributed by atoms with van der Waals surface area (Å²) in [6.07, 6.45) is 40.1. The molecule has 54 heavy (non-hydrogen) atoms. The topological polar surface area (TPSA) is 120 Å². The number of phosphoric ester groups is 1. The highest BCUT2D eigenvalue weighted by molar-refractivity contribution is 7.47. The Hall–Kier alpha value is -0.990. The van der Waals surface area contributed by atoms with Crippen molar-refractivity contribution in [3.63, 3.8) is 0 Å². The molecular formula is C44H88NO8P. The van der Waals surface area contributed by atoms with Gasteiger partial charge in [-0.2, -0.15) is 0 Å². The molecule has 0 bridgehead atoms. The first-order valence-electron chi connectivity index (χ1n) is 23.0. The van der Waals surface area contributed by atoms with Crippen LogP contribution in [0, 0.1) is 0 Å². The molecule has 0 fully saturated rings. The highest BCUT2D eigenvalue weighted by atomic mass is 31.2. The molecule has 0 aliphatic carbocycles. The minimum atomic E-state index is -4.34. The van der Waals surface area contributed by atoms with Gasteiger partial charge < -0.3 is 19.7 Å². The first-order valence-corrected chi connectivity index (χ1v) is 24.5. The van der Waals surface area contributed by atoms with Crippen molar-refractivity contribution in [2.75, 3.05) is 33.4 Å². The highest BCUT2D eigenvalue weighted by Crippen LogP contribution is 2.43. The summed E-state index contributed by atoms with van der Waals surface area (Å²) >= 11 is 0. The number of carbonyl (C=O) groups is 2. The summed E-state index contributed by atoms with van der Waals surface area (Å²) in [4.78, 5) is 35.0. The van der Waals surface area contributed by atoms with Crippen LogP contribution in [0.25, 0.3) is 0 Å². The highest BCUT2D eigenvalue weighted by Gasteiger charge is 2.26. The van der Waals surface area contributed by atoms with Crippen LogP contribution >= 0.6 is 7.82 Å². The van der Waals surface area contributed by atoms with E-state index in [4.69, 9.17) is 18.5 Å². The maximum Gasteiger partial charge on any atom is 0.472 e. The average Bonchev–Trinajstić information content (AvgIpc) is 3.15. The van der Waals surface area contributed by atoms with Gasteiger partial charge in [-0.1, -0.05) is 206 Å². The first kappa shape index (κ1) is 53.0. The summed E-state index contributed by atoms with van der Waals surface area (Å²) in [7, 11) is -2.64. The average molecular weight is 790 g/mol. The van der Waals surface area contributed by atoms with E-state index in [9.17, 15) is 19.0 Å². The molecule has 322 valence electrons. The van der Waals surface area contributed by atoms with Crippen LogP contribution in [0.1, 0.15) is 232 Å². The summed E-state index contributed by atoms with van der Waals surface area (Å²) in [5, 5.41) is 2.83. The Bertz CT molecular complexity index is 860. The first-order chi connectivity index (χ1) is 26.3. The Morgan fingerprint density at radius 3 is 1.19 bits per heavy atom. The van der Waals surface area contributed by atoms with Crippen molar-refractivity contribution >= 4 is 19.8 Å². The zero-order valence-corrected chi connectivity index (χ0v) is 36.6. The Labute approximate surface area is 333 Å². The zero-order chi connectivity index (χ0) is 39.6. The smallest absolute Gasteiger partial charge is 0.462 e. The predicted molar refractivity (Wildman–Crippen MR) is 225 cm³/mol. The number of esters is 2. The number of ether oxygens (including phenoxy) is 2. The molecule has 10 heteroatoms. The van der Waals surface area contributed by atoms with Crippen molar-refractivity contribution in [1.82, 2.24) is 5.32 Å². The normalized spacial score (nSPS) is 13.2. The van der Waals surface area contributed by atoms with Gasteiger partial charge in [-0.15, -0.1) is 0 Å². The molecule has 0 aromatic rings. The maximum atomic E-state index is 12.6. The number of carbonyl (C=O) groups excluding carboxylic acids is 2. The van der Waals surface area contributed by atoms with E-state index in [-0.39, 0.29) is 25.6 Å². The number of hydrogen-bond acceptors (Lipinski definition) is 8. The molecule has 9 nitrogen and oxygen atoms in total. The lowest BCUT2D eigenvalue weighted by atomic mass is 10.0. The van der Waals surface area contributed by atoms with E-state index in [0.717, 1.165) is 38.5 Å². The fourth-order valence-electron chi connectivity index (χ4n) is 6.73.